The van der Waals surface area contributed by atoms with Crippen LogP contribution >= 0.6 is 11.3 Å². The first-order valence-electron chi connectivity index (χ1n) is 7.80. The Morgan fingerprint density at radius 2 is 2.22 bits per heavy atom. The summed E-state index contributed by atoms with van der Waals surface area (Å²) in [4.78, 5) is 17.2. The van der Waals surface area contributed by atoms with Gasteiger partial charge >= 0.3 is 6.03 Å². The molecule has 0 spiro atoms. The first-order valence-corrected chi connectivity index (χ1v) is 8.68. The molecule has 0 fully saturated rings. The van der Waals surface area contributed by atoms with E-state index in [0.717, 1.165) is 29.0 Å². The lowest BCUT2D eigenvalue weighted by Gasteiger charge is -2.34. The molecule has 6 heteroatoms. The number of carbonyl (C=O) groups excluding carboxylic acids is 1. The third kappa shape index (κ3) is 3.54. The van der Waals surface area contributed by atoms with E-state index >= 15 is 0 Å². The maximum atomic E-state index is 12.0. The van der Waals surface area contributed by atoms with Crippen LogP contribution in [0.1, 0.15) is 34.5 Å². The molecule has 0 aliphatic heterocycles. The van der Waals surface area contributed by atoms with Crippen LogP contribution in [0.5, 0.6) is 0 Å². The molecule has 2 aromatic rings. The number of thiazole rings is 1. The maximum absolute atomic E-state index is 12.0. The number of rotatable bonds is 4. The minimum Gasteiger partial charge on any atom is -0.383 e. The molecule has 0 saturated carbocycles. The minimum absolute atomic E-state index is 0.220. The maximum Gasteiger partial charge on any atom is 0.315 e. The van der Waals surface area contributed by atoms with E-state index in [2.05, 4.69) is 15.6 Å². The number of carbonyl (C=O) groups is 1. The Morgan fingerprint density at radius 3 is 3.00 bits per heavy atom. The number of nitrogens with zero attached hydrogens (tertiary/aromatic N) is 1. The van der Waals surface area contributed by atoms with E-state index in [1.54, 1.807) is 5.51 Å². The summed E-state index contributed by atoms with van der Waals surface area (Å²) in [5.74, 6) is 0. The van der Waals surface area contributed by atoms with Crippen LogP contribution in [0, 0.1) is 6.92 Å². The van der Waals surface area contributed by atoms with E-state index in [1.165, 1.54) is 16.9 Å². The van der Waals surface area contributed by atoms with Crippen molar-refractivity contribution in [2.75, 3.05) is 6.54 Å². The molecule has 2 amide bonds. The Hall–Kier alpha value is -1.92. The normalized spacial score (nSPS) is 19.9. The second-order valence-corrected chi connectivity index (χ2v) is 6.88. The largest absolute Gasteiger partial charge is 0.383 e. The Kier molecular flexibility index (Phi) is 4.63. The highest BCUT2D eigenvalue weighted by Gasteiger charge is 2.34. The average molecular weight is 331 g/mol. The molecular formula is C17H21N3O2S. The van der Waals surface area contributed by atoms with Gasteiger partial charge in [-0.25, -0.2) is 9.78 Å². The van der Waals surface area contributed by atoms with Gasteiger partial charge in [0.05, 0.1) is 24.3 Å². The van der Waals surface area contributed by atoms with E-state index in [4.69, 9.17) is 0 Å². The number of hydrogen-bond donors (Lipinski definition) is 3. The second kappa shape index (κ2) is 6.68. The summed E-state index contributed by atoms with van der Waals surface area (Å²) < 4.78 is 0. The molecule has 1 atom stereocenters. The fourth-order valence-corrected chi connectivity index (χ4v) is 3.74. The van der Waals surface area contributed by atoms with Gasteiger partial charge in [-0.3, -0.25) is 0 Å². The van der Waals surface area contributed by atoms with Crippen molar-refractivity contribution in [1.29, 1.82) is 0 Å². The summed E-state index contributed by atoms with van der Waals surface area (Å²) in [6, 6.07) is 7.65. The van der Waals surface area contributed by atoms with E-state index in [9.17, 15) is 9.90 Å². The zero-order valence-electron chi connectivity index (χ0n) is 13.1. The van der Waals surface area contributed by atoms with Gasteiger partial charge in [-0.15, -0.1) is 11.3 Å². The summed E-state index contributed by atoms with van der Waals surface area (Å²) in [5, 5.41) is 16.5. The number of amides is 2. The standard InChI is InChI=1S/C17H21N3O2S/c1-12-15(23-11-20-12)9-18-16(21)19-10-17(22)8-4-6-13-5-2-3-7-14(13)17/h2-3,5,7,11,22H,4,6,8-10H2,1H3,(H2,18,19,21). The fourth-order valence-electron chi connectivity index (χ4n) is 3.03. The number of aromatic nitrogens is 1. The zero-order chi connectivity index (χ0) is 16.3. The summed E-state index contributed by atoms with van der Waals surface area (Å²) in [7, 11) is 0. The molecule has 122 valence electrons. The molecule has 0 saturated heterocycles. The average Bonchev–Trinajstić information content (AvgIpc) is 2.97. The molecule has 1 aromatic carbocycles. The first-order chi connectivity index (χ1) is 11.1. The van der Waals surface area contributed by atoms with Crippen LogP contribution in [0.15, 0.2) is 29.8 Å². The lowest BCUT2D eigenvalue weighted by Crippen LogP contribution is -2.46. The van der Waals surface area contributed by atoms with Gasteiger partial charge in [0.15, 0.2) is 0 Å². The molecule has 0 radical (unpaired) electrons. The number of aryl methyl sites for hydroxylation is 2. The third-order valence-electron chi connectivity index (χ3n) is 4.35. The third-order valence-corrected chi connectivity index (χ3v) is 5.29. The van der Waals surface area contributed by atoms with Gasteiger partial charge in [0, 0.05) is 4.88 Å². The SMILES string of the molecule is Cc1ncsc1CNC(=O)NCC1(O)CCCc2ccccc21. The van der Waals surface area contributed by atoms with E-state index < -0.39 is 5.60 Å². The minimum atomic E-state index is -0.980. The van der Waals surface area contributed by atoms with Crippen molar-refractivity contribution in [3.05, 3.63) is 51.5 Å². The van der Waals surface area contributed by atoms with Gasteiger partial charge in [-0.2, -0.15) is 0 Å². The summed E-state index contributed by atoms with van der Waals surface area (Å²) in [5.41, 5.74) is 3.84. The monoisotopic (exact) mass is 331 g/mol. The van der Waals surface area contributed by atoms with E-state index in [1.807, 2.05) is 31.2 Å². The van der Waals surface area contributed by atoms with Crippen LogP contribution in [0.2, 0.25) is 0 Å². The van der Waals surface area contributed by atoms with Crippen molar-refractivity contribution < 1.29 is 9.90 Å². The van der Waals surface area contributed by atoms with Crippen LogP contribution in [0.3, 0.4) is 0 Å². The van der Waals surface area contributed by atoms with Crippen LogP contribution in [-0.2, 0) is 18.6 Å². The highest BCUT2D eigenvalue weighted by Crippen LogP contribution is 2.34. The number of nitrogens with one attached hydrogen (secondary N) is 2. The fraction of sp³-hybridized carbons (Fsp3) is 0.412. The summed E-state index contributed by atoms with van der Waals surface area (Å²) in [6.07, 6.45) is 2.57. The van der Waals surface area contributed by atoms with Crippen molar-refractivity contribution >= 4 is 17.4 Å². The zero-order valence-corrected chi connectivity index (χ0v) is 13.9. The van der Waals surface area contributed by atoms with Crippen LogP contribution < -0.4 is 10.6 Å². The molecule has 23 heavy (non-hydrogen) atoms. The van der Waals surface area contributed by atoms with Crippen molar-refractivity contribution in [3.8, 4) is 0 Å². The van der Waals surface area contributed by atoms with Crippen molar-refractivity contribution in [2.45, 2.75) is 38.3 Å². The van der Waals surface area contributed by atoms with Crippen molar-refractivity contribution in [1.82, 2.24) is 15.6 Å². The highest BCUT2D eigenvalue weighted by molar-refractivity contribution is 7.09. The topological polar surface area (TPSA) is 74.2 Å². The molecule has 0 bridgehead atoms. The Morgan fingerprint density at radius 1 is 1.39 bits per heavy atom. The quantitative estimate of drug-likeness (QED) is 0.806. The molecule has 1 aromatic heterocycles. The predicted octanol–water partition coefficient (Wildman–Crippen LogP) is 2.47. The van der Waals surface area contributed by atoms with Gasteiger partial charge < -0.3 is 15.7 Å². The number of urea groups is 1. The highest BCUT2D eigenvalue weighted by atomic mass is 32.1. The number of hydrogen-bond acceptors (Lipinski definition) is 4. The molecule has 3 N–H and O–H groups in total. The van der Waals surface area contributed by atoms with Crippen LogP contribution in [0.25, 0.3) is 0 Å². The van der Waals surface area contributed by atoms with Gasteiger partial charge in [0.2, 0.25) is 0 Å². The predicted molar refractivity (Wildman–Crippen MR) is 90.4 cm³/mol. The molecular weight excluding hydrogens is 310 g/mol. The van der Waals surface area contributed by atoms with Gasteiger partial charge in [0.25, 0.3) is 0 Å². The second-order valence-electron chi connectivity index (χ2n) is 5.94. The van der Waals surface area contributed by atoms with Gasteiger partial charge in [-0.05, 0) is 37.3 Å². The number of aliphatic hydroxyl groups is 1. The molecule has 1 heterocycles. The molecule has 1 aliphatic carbocycles. The Bertz CT molecular complexity index is 701. The lowest BCUT2D eigenvalue weighted by molar-refractivity contribution is 0.0217. The number of fused-ring (bicyclic) bond motifs is 1. The summed E-state index contributed by atoms with van der Waals surface area (Å²) >= 11 is 1.52. The Labute approximate surface area is 139 Å². The van der Waals surface area contributed by atoms with E-state index in [-0.39, 0.29) is 12.6 Å². The van der Waals surface area contributed by atoms with Crippen LogP contribution in [-0.4, -0.2) is 22.7 Å². The Balaban J connectivity index is 1.58. The molecule has 5 nitrogen and oxygen atoms in total. The van der Waals surface area contributed by atoms with Crippen molar-refractivity contribution in [2.24, 2.45) is 0 Å². The smallest absolute Gasteiger partial charge is 0.315 e. The van der Waals surface area contributed by atoms with E-state index in [0.29, 0.717) is 13.0 Å². The van der Waals surface area contributed by atoms with Crippen molar-refractivity contribution in [3.63, 3.8) is 0 Å². The van der Waals surface area contributed by atoms with Gasteiger partial charge in [0.1, 0.15) is 5.60 Å². The first kappa shape index (κ1) is 16.0. The van der Waals surface area contributed by atoms with Crippen LogP contribution in [0.4, 0.5) is 4.79 Å². The number of benzene rings is 1. The molecule has 1 aliphatic rings. The lowest BCUT2D eigenvalue weighted by atomic mass is 9.79. The summed E-state index contributed by atoms with van der Waals surface area (Å²) in [6.45, 7) is 2.60. The molecule has 3 rings (SSSR count). The molecule has 1 unspecified atom stereocenters. The van der Waals surface area contributed by atoms with Gasteiger partial charge in [-0.1, -0.05) is 24.3 Å².